The molecule has 2 heterocycles. The number of nitrogens with zero attached hydrogens (tertiary/aromatic N) is 2. The largest absolute Gasteiger partial charge is 0.476 e. The molecule has 0 saturated carbocycles. The van der Waals surface area contributed by atoms with Crippen molar-refractivity contribution in [3.8, 4) is 11.5 Å². The number of carboxylic acid groups (broad SMARTS) is 1. The summed E-state index contributed by atoms with van der Waals surface area (Å²) in [5.41, 5.74) is 2.16. The molecule has 0 aliphatic carbocycles. The minimum atomic E-state index is -1.03. The number of anilines is 1. The van der Waals surface area contributed by atoms with Crippen LogP contribution in [0.2, 0.25) is 0 Å². The highest BCUT2D eigenvalue weighted by atomic mass is 19.1. The SMILES string of the molecule is O=C(O)c1c(NCc2ccc(Oc3ccc(F)cc3)cc2)ccc2nccn12. The van der Waals surface area contributed by atoms with Crippen LogP contribution in [0.4, 0.5) is 10.1 Å². The van der Waals surface area contributed by atoms with Gasteiger partial charge in [0.15, 0.2) is 5.69 Å². The van der Waals surface area contributed by atoms with Crippen LogP contribution in [0.25, 0.3) is 5.65 Å². The summed E-state index contributed by atoms with van der Waals surface area (Å²) in [4.78, 5) is 15.8. The molecule has 2 aromatic heterocycles. The van der Waals surface area contributed by atoms with Crippen LogP contribution >= 0.6 is 0 Å². The number of nitrogens with one attached hydrogen (secondary N) is 1. The van der Waals surface area contributed by atoms with E-state index in [2.05, 4.69) is 10.3 Å². The number of aromatic carboxylic acids is 1. The van der Waals surface area contributed by atoms with Gasteiger partial charge in [-0.1, -0.05) is 12.1 Å². The topological polar surface area (TPSA) is 75.9 Å². The Bertz CT molecular complexity index is 1120. The van der Waals surface area contributed by atoms with Crippen molar-refractivity contribution in [1.29, 1.82) is 0 Å². The maximum absolute atomic E-state index is 12.9. The fourth-order valence-corrected chi connectivity index (χ4v) is 2.87. The van der Waals surface area contributed by atoms with Gasteiger partial charge in [-0.05, 0) is 54.1 Å². The lowest BCUT2D eigenvalue weighted by molar-refractivity contribution is 0.0690. The molecule has 140 valence electrons. The minimum Gasteiger partial charge on any atom is -0.476 e. The van der Waals surface area contributed by atoms with Gasteiger partial charge >= 0.3 is 5.97 Å². The van der Waals surface area contributed by atoms with Gasteiger partial charge in [0, 0.05) is 18.9 Å². The number of benzene rings is 2. The number of fused-ring (bicyclic) bond motifs is 1. The third kappa shape index (κ3) is 3.64. The molecule has 0 radical (unpaired) electrons. The number of hydrogen-bond acceptors (Lipinski definition) is 4. The van der Waals surface area contributed by atoms with Gasteiger partial charge in [-0.15, -0.1) is 0 Å². The van der Waals surface area contributed by atoms with Crippen molar-refractivity contribution in [2.75, 3.05) is 5.32 Å². The Labute approximate surface area is 159 Å². The predicted molar refractivity (Wildman–Crippen MR) is 102 cm³/mol. The van der Waals surface area contributed by atoms with Crippen molar-refractivity contribution >= 4 is 17.3 Å². The number of hydrogen-bond donors (Lipinski definition) is 2. The molecule has 4 rings (SSSR count). The van der Waals surface area contributed by atoms with Gasteiger partial charge in [0.05, 0.1) is 5.69 Å². The number of ether oxygens (including phenoxy) is 1. The van der Waals surface area contributed by atoms with E-state index in [1.54, 1.807) is 48.8 Å². The Balaban J connectivity index is 1.47. The number of pyridine rings is 1. The summed E-state index contributed by atoms with van der Waals surface area (Å²) in [6, 6.07) is 16.6. The standard InChI is InChI=1S/C21H16FN3O3/c22-15-3-7-17(8-4-15)28-16-5-1-14(2-6-16)13-24-18-9-10-19-23-11-12-25(19)20(18)21(26)27/h1-12,24H,13H2,(H,26,27). The van der Waals surface area contributed by atoms with Crippen LogP contribution in [0.3, 0.4) is 0 Å². The summed E-state index contributed by atoms with van der Waals surface area (Å²) >= 11 is 0. The first kappa shape index (κ1) is 17.5. The highest BCUT2D eigenvalue weighted by Gasteiger charge is 2.14. The Morgan fingerprint density at radius 1 is 1.04 bits per heavy atom. The smallest absolute Gasteiger partial charge is 0.355 e. The molecule has 4 aromatic rings. The summed E-state index contributed by atoms with van der Waals surface area (Å²) in [7, 11) is 0. The number of imidazole rings is 1. The van der Waals surface area contributed by atoms with E-state index in [4.69, 9.17) is 4.74 Å². The van der Waals surface area contributed by atoms with Crippen molar-refractivity contribution in [1.82, 2.24) is 9.38 Å². The molecule has 7 heteroatoms. The van der Waals surface area contributed by atoms with Crippen LogP contribution in [0.1, 0.15) is 16.1 Å². The van der Waals surface area contributed by atoms with Crippen LogP contribution in [0, 0.1) is 5.82 Å². The van der Waals surface area contributed by atoms with E-state index in [1.165, 1.54) is 16.5 Å². The van der Waals surface area contributed by atoms with E-state index >= 15 is 0 Å². The normalized spacial score (nSPS) is 10.8. The first-order valence-corrected chi connectivity index (χ1v) is 8.56. The molecular weight excluding hydrogens is 361 g/mol. The van der Waals surface area contributed by atoms with Gasteiger partial charge in [0.2, 0.25) is 0 Å². The summed E-state index contributed by atoms with van der Waals surface area (Å²) < 4.78 is 20.1. The van der Waals surface area contributed by atoms with Crippen molar-refractivity contribution in [3.05, 3.63) is 90.1 Å². The molecule has 0 bridgehead atoms. The molecule has 2 aromatic carbocycles. The maximum Gasteiger partial charge on any atom is 0.355 e. The van der Waals surface area contributed by atoms with Crippen LogP contribution < -0.4 is 10.1 Å². The number of aromatic nitrogens is 2. The summed E-state index contributed by atoms with van der Waals surface area (Å²) in [5.74, 6) is -0.175. The van der Waals surface area contributed by atoms with Gasteiger partial charge in [0.25, 0.3) is 0 Å². The second-order valence-electron chi connectivity index (χ2n) is 6.11. The molecule has 0 atom stereocenters. The summed E-state index contributed by atoms with van der Waals surface area (Å²) in [5, 5.41) is 12.7. The monoisotopic (exact) mass is 377 g/mol. The highest BCUT2D eigenvalue weighted by molar-refractivity contribution is 5.93. The summed E-state index contributed by atoms with van der Waals surface area (Å²) in [6.45, 7) is 0.442. The lowest BCUT2D eigenvalue weighted by atomic mass is 10.2. The lowest BCUT2D eigenvalue weighted by Gasteiger charge is -2.12. The fraction of sp³-hybridized carbons (Fsp3) is 0.0476. The van der Waals surface area contributed by atoms with Crippen molar-refractivity contribution < 1.29 is 19.0 Å². The zero-order valence-electron chi connectivity index (χ0n) is 14.7. The Morgan fingerprint density at radius 2 is 1.71 bits per heavy atom. The van der Waals surface area contributed by atoms with Crippen LogP contribution in [0.15, 0.2) is 73.1 Å². The van der Waals surface area contributed by atoms with E-state index in [0.717, 1.165) is 5.56 Å². The minimum absolute atomic E-state index is 0.131. The third-order valence-corrected chi connectivity index (χ3v) is 4.22. The van der Waals surface area contributed by atoms with Gasteiger partial charge in [-0.3, -0.25) is 4.40 Å². The predicted octanol–water partition coefficient (Wildman–Crippen LogP) is 4.58. The Hall–Kier alpha value is -3.87. The summed E-state index contributed by atoms with van der Waals surface area (Å²) in [6.07, 6.45) is 3.18. The molecule has 2 N–H and O–H groups in total. The average molecular weight is 377 g/mol. The molecule has 0 spiro atoms. The second kappa shape index (κ2) is 7.40. The maximum atomic E-state index is 12.9. The van der Waals surface area contributed by atoms with E-state index < -0.39 is 5.97 Å². The second-order valence-corrected chi connectivity index (χ2v) is 6.11. The zero-order chi connectivity index (χ0) is 19.5. The molecule has 0 aliphatic rings. The molecule has 6 nitrogen and oxygen atoms in total. The van der Waals surface area contributed by atoms with Crippen molar-refractivity contribution in [2.24, 2.45) is 0 Å². The first-order chi connectivity index (χ1) is 13.6. The van der Waals surface area contributed by atoms with E-state index in [0.29, 0.717) is 29.4 Å². The van der Waals surface area contributed by atoms with Gasteiger partial charge in [-0.2, -0.15) is 0 Å². The first-order valence-electron chi connectivity index (χ1n) is 8.56. The molecule has 28 heavy (non-hydrogen) atoms. The molecule has 0 fully saturated rings. The van der Waals surface area contributed by atoms with Crippen LogP contribution in [0.5, 0.6) is 11.5 Å². The van der Waals surface area contributed by atoms with Crippen LogP contribution in [-0.4, -0.2) is 20.5 Å². The lowest BCUT2D eigenvalue weighted by Crippen LogP contribution is -2.11. The number of carbonyl (C=O) groups is 1. The number of halogens is 1. The third-order valence-electron chi connectivity index (χ3n) is 4.22. The van der Waals surface area contributed by atoms with Crippen molar-refractivity contribution in [2.45, 2.75) is 6.54 Å². The zero-order valence-corrected chi connectivity index (χ0v) is 14.7. The van der Waals surface area contributed by atoms with Gasteiger partial charge < -0.3 is 15.2 Å². The molecule has 0 amide bonds. The Kier molecular flexibility index (Phi) is 4.63. The van der Waals surface area contributed by atoms with Crippen molar-refractivity contribution in [3.63, 3.8) is 0 Å². The number of carboxylic acids is 1. The highest BCUT2D eigenvalue weighted by Crippen LogP contribution is 2.23. The Morgan fingerprint density at radius 3 is 2.39 bits per heavy atom. The average Bonchev–Trinajstić information content (AvgIpc) is 3.17. The molecule has 0 saturated heterocycles. The number of rotatable bonds is 6. The van der Waals surface area contributed by atoms with Gasteiger partial charge in [-0.25, -0.2) is 14.2 Å². The van der Waals surface area contributed by atoms with E-state index in [9.17, 15) is 14.3 Å². The van der Waals surface area contributed by atoms with Gasteiger partial charge in [0.1, 0.15) is 23.0 Å². The molecule has 0 unspecified atom stereocenters. The molecule has 0 aliphatic heterocycles. The molecular formula is C21H16FN3O3. The fourth-order valence-electron chi connectivity index (χ4n) is 2.87. The quantitative estimate of drug-likeness (QED) is 0.515. The van der Waals surface area contributed by atoms with E-state index in [1.807, 2.05) is 12.1 Å². The van der Waals surface area contributed by atoms with E-state index in [-0.39, 0.29) is 11.5 Å². The van der Waals surface area contributed by atoms with Crippen LogP contribution in [-0.2, 0) is 6.54 Å².